The first-order valence-corrected chi connectivity index (χ1v) is 5.72. The van der Waals surface area contributed by atoms with Crippen molar-refractivity contribution in [2.24, 2.45) is 5.73 Å². The Balaban J connectivity index is 2.48. The summed E-state index contributed by atoms with van der Waals surface area (Å²) in [6.07, 6.45) is 5.15. The van der Waals surface area contributed by atoms with Gasteiger partial charge in [-0.25, -0.2) is 0 Å². The number of aliphatic hydroxyl groups is 1. The second-order valence-corrected chi connectivity index (χ2v) is 4.87. The van der Waals surface area contributed by atoms with E-state index in [4.69, 9.17) is 5.73 Å². The summed E-state index contributed by atoms with van der Waals surface area (Å²) in [7, 11) is 0. The van der Waals surface area contributed by atoms with E-state index in [1.807, 2.05) is 6.92 Å². The van der Waals surface area contributed by atoms with Crippen LogP contribution in [-0.2, 0) is 0 Å². The van der Waals surface area contributed by atoms with Gasteiger partial charge in [-0.05, 0) is 33.2 Å². The zero-order valence-electron chi connectivity index (χ0n) is 9.50. The Kier molecular flexibility index (Phi) is 4.35. The Morgan fingerprint density at radius 2 is 2.14 bits per heavy atom. The highest BCUT2D eigenvalue weighted by Crippen LogP contribution is 2.18. The average molecular weight is 200 g/mol. The maximum absolute atomic E-state index is 9.92. The molecule has 1 fully saturated rings. The van der Waals surface area contributed by atoms with Gasteiger partial charge < -0.3 is 10.8 Å². The third-order valence-corrected chi connectivity index (χ3v) is 3.17. The fraction of sp³-hybridized carbons (Fsp3) is 1.00. The van der Waals surface area contributed by atoms with Gasteiger partial charge in [-0.1, -0.05) is 12.8 Å². The van der Waals surface area contributed by atoms with Gasteiger partial charge >= 0.3 is 0 Å². The maximum atomic E-state index is 9.92. The number of likely N-dealkylation sites (tertiary alicyclic amines) is 1. The third-order valence-electron chi connectivity index (χ3n) is 3.17. The van der Waals surface area contributed by atoms with Crippen LogP contribution in [0.5, 0.6) is 0 Å². The van der Waals surface area contributed by atoms with Crippen LogP contribution in [0, 0.1) is 0 Å². The van der Waals surface area contributed by atoms with Gasteiger partial charge in [0.15, 0.2) is 0 Å². The number of rotatable bonds is 3. The number of β-amino-alcohol motifs (C(OH)–C–C–N with tert-alkyl or cyclic N) is 1. The molecule has 1 rings (SSSR count). The van der Waals surface area contributed by atoms with E-state index in [-0.39, 0.29) is 0 Å². The van der Waals surface area contributed by atoms with Gasteiger partial charge in [0, 0.05) is 19.1 Å². The number of hydrogen-bond donors (Lipinski definition) is 2. The normalized spacial score (nSPS) is 29.6. The van der Waals surface area contributed by atoms with E-state index >= 15 is 0 Å². The van der Waals surface area contributed by atoms with Gasteiger partial charge in [-0.2, -0.15) is 0 Å². The molecule has 0 saturated carbocycles. The van der Waals surface area contributed by atoms with E-state index in [0.29, 0.717) is 19.1 Å². The Bertz CT molecular complexity index is 171. The van der Waals surface area contributed by atoms with Crippen LogP contribution in [0.4, 0.5) is 0 Å². The molecule has 3 N–H and O–H groups in total. The first-order chi connectivity index (χ1) is 6.55. The van der Waals surface area contributed by atoms with E-state index in [1.54, 1.807) is 0 Å². The minimum Gasteiger partial charge on any atom is -0.388 e. The molecule has 1 saturated heterocycles. The molecule has 0 aromatic carbocycles. The van der Waals surface area contributed by atoms with Crippen molar-refractivity contribution < 1.29 is 5.11 Å². The first-order valence-electron chi connectivity index (χ1n) is 5.72. The van der Waals surface area contributed by atoms with Crippen LogP contribution in [-0.4, -0.2) is 41.3 Å². The van der Waals surface area contributed by atoms with Gasteiger partial charge in [-0.3, -0.25) is 4.90 Å². The SMILES string of the molecule is CC1CCCCCN1CC(C)(O)CN. The van der Waals surface area contributed by atoms with Crippen LogP contribution in [0.2, 0.25) is 0 Å². The van der Waals surface area contributed by atoms with Crippen LogP contribution in [0.3, 0.4) is 0 Å². The molecular formula is C11H24N2O. The minimum absolute atomic E-state index is 0.343. The molecule has 3 heteroatoms. The lowest BCUT2D eigenvalue weighted by Gasteiger charge is -2.33. The molecule has 0 spiro atoms. The first kappa shape index (κ1) is 12.0. The highest BCUT2D eigenvalue weighted by Gasteiger charge is 2.25. The molecular weight excluding hydrogens is 176 g/mol. The fourth-order valence-corrected chi connectivity index (χ4v) is 2.07. The molecule has 0 bridgehead atoms. The molecule has 0 radical (unpaired) electrons. The maximum Gasteiger partial charge on any atom is 0.0867 e. The van der Waals surface area contributed by atoms with Gasteiger partial charge in [0.1, 0.15) is 0 Å². The molecule has 84 valence electrons. The summed E-state index contributed by atoms with van der Waals surface area (Å²) in [5.74, 6) is 0. The van der Waals surface area contributed by atoms with Crippen LogP contribution < -0.4 is 5.73 Å². The second kappa shape index (κ2) is 5.10. The molecule has 0 amide bonds. The molecule has 1 heterocycles. The molecule has 1 aliphatic heterocycles. The fourth-order valence-electron chi connectivity index (χ4n) is 2.07. The van der Waals surface area contributed by atoms with Crippen molar-refractivity contribution in [1.82, 2.24) is 4.90 Å². The summed E-state index contributed by atoms with van der Waals surface area (Å²) in [6, 6.07) is 0.593. The van der Waals surface area contributed by atoms with Crippen molar-refractivity contribution in [3.63, 3.8) is 0 Å². The third kappa shape index (κ3) is 3.56. The molecule has 0 aromatic rings. The van der Waals surface area contributed by atoms with Crippen LogP contribution in [0.15, 0.2) is 0 Å². The van der Waals surface area contributed by atoms with E-state index in [1.165, 1.54) is 25.7 Å². The zero-order chi connectivity index (χ0) is 10.6. The highest BCUT2D eigenvalue weighted by atomic mass is 16.3. The number of nitrogens with two attached hydrogens (primary N) is 1. The van der Waals surface area contributed by atoms with Crippen molar-refractivity contribution in [2.45, 2.75) is 51.2 Å². The second-order valence-electron chi connectivity index (χ2n) is 4.87. The zero-order valence-corrected chi connectivity index (χ0v) is 9.50. The van der Waals surface area contributed by atoms with Gasteiger partial charge in [0.25, 0.3) is 0 Å². The molecule has 2 atom stereocenters. The summed E-state index contributed by atoms with van der Waals surface area (Å²) >= 11 is 0. The van der Waals surface area contributed by atoms with Gasteiger partial charge in [0.2, 0.25) is 0 Å². The topological polar surface area (TPSA) is 49.5 Å². The quantitative estimate of drug-likeness (QED) is 0.713. The summed E-state index contributed by atoms with van der Waals surface area (Å²) in [4.78, 5) is 2.37. The van der Waals surface area contributed by atoms with E-state index in [2.05, 4.69) is 11.8 Å². The predicted molar refractivity (Wildman–Crippen MR) is 59.2 cm³/mol. The van der Waals surface area contributed by atoms with Crippen LogP contribution in [0.1, 0.15) is 39.5 Å². The summed E-state index contributed by atoms with van der Waals surface area (Å²) in [6.45, 7) is 6.24. The minimum atomic E-state index is -0.724. The van der Waals surface area contributed by atoms with E-state index in [0.717, 1.165) is 6.54 Å². The van der Waals surface area contributed by atoms with Crippen molar-refractivity contribution in [2.75, 3.05) is 19.6 Å². The molecule has 14 heavy (non-hydrogen) atoms. The Labute approximate surface area is 87.3 Å². The molecule has 1 aliphatic rings. The predicted octanol–water partition coefficient (Wildman–Crippen LogP) is 0.961. The monoisotopic (exact) mass is 200 g/mol. The number of hydrogen-bond acceptors (Lipinski definition) is 3. The largest absolute Gasteiger partial charge is 0.388 e. The Morgan fingerprint density at radius 1 is 1.43 bits per heavy atom. The van der Waals surface area contributed by atoms with Crippen molar-refractivity contribution in [1.29, 1.82) is 0 Å². The Hall–Kier alpha value is -0.120. The Morgan fingerprint density at radius 3 is 2.79 bits per heavy atom. The van der Waals surface area contributed by atoms with Crippen molar-refractivity contribution >= 4 is 0 Å². The standard InChI is InChI=1S/C11H24N2O/c1-10-6-4-3-5-7-13(10)9-11(2,14)8-12/h10,14H,3-9,12H2,1-2H3. The summed E-state index contributed by atoms with van der Waals surface area (Å²) < 4.78 is 0. The smallest absolute Gasteiger partial charge is 0.0867 e. The molecule has 0 aliphatic carbocycles. The average Bonchev–Trinajstić information content (AvgIpc) is 2.32. The van der Waals surface area contributed by atoms with Crippen LogP contribution in [0.25, 0.3) is 0 Å². The van der Waals surface area contributed by atoms with E-state index < -0.39 is 5.60 Å². The van der Waals surface area contributed by atoms with Gasteiger partial charge in [0.05, 0.1) is 5.60 Å². The molecule has 2 unspecified atom stereocenters. The lowest BCUT2D eigenvalue weighted by molar-refractivity contribution is 0.0162. The summed E-state index contributed by atoms with van der Waals surface area (Å²) in [5.41, 5.74) is 4.81. The van der Waals surface area contributed by atoms with Crippen molar-refractivity contribution in [3.05, 3.63) is 0 Å². The van der Waals surface area contributed by atoms with Crippen LogP contribution >= 0.6 is 0 Å². The van der Waals surface area contributed by atoms with E-state index in [9.17, 15) is 5.11 Å². The molecule has 3 nitrogen and oxygen atoms in total. The number of nitrogens with zero attached hydrogens (tertiary/aromatic N) is 1. The summed E-state index contributed by atoms with van der Waals surface area (Å²) in [5, 5.41) is 9.92. The van der Waals surface area contributed by atoms with Gasteiger partial charge in [-0.15, -0.1) is 0 Å². The lowest BCUT2D eigenvalue weighted by atomic mass is 10.1. The highest BCUT2D eigenvalue weighted by molar-refractivity contribution is 4.82. The van der Waals surface area contributed by atoms with Crippen molar-refractivity contribution in [3.8, 4) is 0 Å². The molecule has 0 aromatic heterocycles. The lowest BCUT2D eigenvalue weighted by Crippen LogP contribution is -2.48.